The van der Waals surface area contributed by atoms with Gasteiger partial charge in [-0.3, -0.25) is 9.93 Å². The van der Waals surface area contributed by atoms with Crippen molar-refractivity contribution in [3.05, 3.63) is 42.1 Å². The second-order valence-corrected chi connectivity index (χ2v) is 6.82. The average molecular weight is 410 g/mol. The van der Waals surface area contributed by atoms with Crippen LogP contribution in [0, 0.1) is 11.6 Å². The van der Waals surface area contributed by atoms with Gasteiger partial charge in [0, 0.05) is 32.0 Å². The molecule has 1 aliphatic rings. The smallest absolute Gasteiger partial charge is 0.247 e. The van der Waals surface area contributed by atoms with E-state index < -0.39 is 17.7 Å². The molecule has 150 valence electrons. The Bertz CT molecular complexity index is 871. The molecule has 2 heterocycles. The molecule has 1 aliphatic heterocycles. The van der Waals surface area contributed by atoms with E-state index in [9.17, 15) is 13.6 Å². The molecule has 0 aliphatic carbocycles. The highest BCUT2D eigenvalue weighted by Gasteiger charge is 2.39. The number of rotatable bonds is 6. The lowest BCUT2D eigenvalue weighted by Gasteiger charge is -2.27. The molecule has 2 unspecified atom stereocenters. The summed E-state index contributed by atoms with van der Waals surface area (Å²) in [7, 11) is 2.79. The summed E-state index contributed by atoms with van der Waals surface area (Å²) in [6, 6.07) is 5.03. The lowest BCUT2D eigenvalue weighted by Crippen LogP contribution is -2.40. The summed E-state index contributed by atoms with van der Waals surface area (Å²) in [5.41, 5.74) is 0.819. The molecule has 1 fully saturated rings. The van der Waals surface area contributed by atoms with Crippen LogP contribution in [-0.4, -0.2) is 43.8 Å². The van der Waals surface area contributed by atoms with Gasteiger partial charge in [0.05, 0.1) is 18.9 Å². The fourth-order valence-electron chi connectivity index (χ4n) is 3.20. The topological polar surface area (TPSA) is 89.7 Å². The number of anilines is 2. The standard InChI is InChI=1S/C18H20F2N4O3S/c1-26-11-8-14(18(25)23-10-5-6-22-15(7-10)28-21)24(9-11)13-4-3-12(19)16(20)17(13)27-2/h3-7,11,14H,8-9,21H2,1-2H3,(H,22,23,25). The van der Waals surface area contributed by atoms with Crippen LogP contribution in [0.4, 0.5) is 20.2 Å². The second kappa shape index (κ2) is 8.72. The molecule has 28 heavy (non-hydrogen) atoms. The van der Waals surface area contributed by atoms with Crippen molar-refractivity contribution in [2.24, 2.45) is 5.14 Å². The van der Waals surface area contributed by atoms with Crippen molar-refractivity contribution in [2.45, 2.75) is 23.6 Å². The maximum atomic E-state index is 14.2. The Morgan fingerprint density at radius 1 is 1.36 bits per heavy atom. The molecule has 1 aromatic carbocycles. The molecule has 10 heteroatoms. The predicted octanol–water partition coefficient (Wildman–Crippen LogP) is 2.57. The highest BCUT2D eigenvalue weighted by molar-refractivity contribution is 7.97. The zero-order valence-corrected chi connectivity index (χ0v) is 16.1. The zero-order chi connectivity index (χ0) is 20.3. The minimum absolute atomic E-state index is 0.249. The van der Waals surface area contributed by atoms with Crippen LogP contribution in [0.25, 0.3) is 0 Å². The van der Waals surface area contributed by atoms with Crippen LogP contribution in [-0.2, 0) is 9.53 Å². The van der Waals surface area contributed by atoms with Crippen molar-refractivity contribution in [1.82, 2.24) is 4.98 Å². The Balaban J connectivity index is 1.90. The first-order valence-electron chi connectivity index (χ1n) is 8.43. The number of nitrogens with zero attached hydrogens (tertiary/aromatic N) is 2. The predicted molar refractivity (Wildman–Crippen MR) is 102 cm³/mol. The van der Waals surface area contributed by atoms with Crippen molar-refractivity contribution in [3.8, 4) is 5.75 Å². The first kappa shape index (κ1) is 20.3. The molecular formula is C18H20F2N4O3S. The largest absolute Gasteiger partial charge is 0.491 e. The highest BCUT2D eigenvalue weighted by Crippen LogP contribution is 2.37. The van der Waals surface area contributed by atoms with E-state index in [0.29, 0.717) is 23.7 Å². The number of halogens is 2. The quantitative estimate of drug-likeness (QED) is 0.708. The van der Waals surface area contributed by atoms with Crippen LogP contribution in [0.15, 0.2) is 35.5 Å². The molecule has 1 saturated heterocycles. The summed E-state index contributed by atoms with van der Waals surface area (Å²) in [5.74, 6) is -2.68. The van der Waals surface area contributed by atoms with Gasteiger partial charge in [-0.15, -0.1) is 0 Å². The average Bonchev–Trinajstić information content (AvgIpc) is 3.14. The number of hydrogen-bond acceptors (Lipinski definition) is 7. The Labute approximate surface area is 165 Å². The summed E-state index contributed by atoms with van der Waals surface area (Å²) < 4.78 is 38.2. The number of carbonyl (C=O) groups excluding carboxylic acids is 1. The van der Waals surface area contributed by atoms with E-state index in [1.165, 1.54) is 19.4 Å². The third kappa shape index (κ3) is 4.03. The van der Waals surface area contributed by atoms with Crippen molar-refractivity contribution in [1.29, 1.82) is 0 Å². The first-order chi connectivity index (χ1) is 13.5. The second-order valence-electron chi connectivity index (χ2n) is 6.17. The Kier molecular flexibility index (Phi) is 6.32. The fourth-order valence-corrected chi connectivity index (χ4v) is 3.52. The van der Waals surface area contributed by atoms with Gasteiger partial charge >= 0.3 is 0 Å². The molecule has 1 aromatic heterocycles. The molecule has 0 saturated carbocycles. The molecule has 0 bridgehead atoms. The number of nitrogens with two attached hydrogens (primary N) is 1. The minimum Gasteiger partial charge on any atom is -0.491 e. The summed E-state index contributed by atoms with van der Waals surface area (Å²) in [5, 5.41) is 8.87. The van der Waals surface area contributed by atoms with Gasteiger partial charge in [-0.25, -0.2) is 9.37 Å². The lowest BCUT2D eigenvalue weighted by atomic mass is 10.1. The van der Waals surface area contributed by atoms with Gasteiger partial charge < -0.3 is 19.7 Å². The number of carbonyl (C=O) groups is 1. The van der Waals surface area contributed by atoms with Gasteiger partial charge in [-0.1, -0.05) is 0 Å². The van der Waals surface area contributed by atoms with Crippen LogP contribution in [0.2, 0.25) is 0 Å². The summed E-state index contributed by atoms with van der Waals surface area (Å²) >= 11 is 0.965. The van der Waals surface area contributed by atoms with Gasteiger partial charge in [0.25, 0.3) is 0 Å². The van der Waals surface area contributed by atoms with E-state index >= 15 is 0 Å². The van der Waals surface area contributed by atoms with Gasteiger partial charge in [0.1, 0.15) is 11.1 Å². The van der Waals surface area contributed by atoms with Crippen LogP contribution in [0.3, 0.4) is 0 Å². The number of hydrogen-bond donors (Lipinski definition) is 2. The monoisotopic (exact) mass is 410 g/mol. The number of ether oxygens (including phenoxy) is 2. The van der Waals surface area contributed by atoms with E-state index in [1.54, 1.807) is 24.1 Å². The van der Waals surface area contributed by atoms with Gasteiger partial charge in [-0.2, -0.15) is 4.39 Å². The van der Waals surface area contributed by atoms with Crippen molar-refractivity contribution < 1.29 is 23.0 Å². The molecule has 7 nitrogen and oxygen atoms in total. The summed E-state index contributed by atoms with van der Waals surface area (Å²) in [4.78, 5) is 18.6. The molecular weight excluding hydrogens is 390 g/mol. The third-order valence-electron chi connectivity index (χ3n) is 4.56. The normalized spacial score (nSPS) is 19.0. The number of nitrogens with one attached hydrogen (secondary N) is 1. The van der Waals surface area contributed by atoms with Crippen LogP contribution in [0.5, 0.6) is 5.75 Å². The Hall–Kier alpha value is -2.43. The van der Waals surface area contributed by atoms with Gasteiger partial charge in [-0.05, 0) is 36.2 Å². The van der Waals surface area contributed by atoms with Crippen molar-refractivity contribution in [2.75, 3.05) is 31.0 Å². The van der Waals surface area contributed by atoms with Gasteiger partial charge in [0.15, 0.2) is 11.6 Å². The van der Waals surface area contributed by atoms with Crippen molar-refractivity contribution in [3.63, 3.8) is 0 Å². The van der Waals surface area contributed by atoms with E-state index in [4.69, 9.17) is 14.6 Å². The Morgan fingerprint density at radius 2 is 2.14 bits per heavy atom. The minimum atomic E-state index is -1.10. The SMILES string of the molecule is COc1c(N2CC(OC)CC2C(=O)Nc2ccnc(SN)c2)ccc(F)c1F. The zero-order valence-electron chi connectivity index (χ0n) is 15.3. The molecule has 3 rings (SSSR count). The molecule has 0 radical (unpaired) electrons. The van der Waals surface area contributed by atoms with Gasteiger partial charge in [0.2, 0.25) is 11.7 Å². The molecule has 0 spiro atoms. The number of methoxy groups -OCH3 is 2. The number of pyridine rings is 1. The van der Waals surface area contributed by atoms with E-state index in [1.807, 2.05) is 0 Å². The fraction of sp³-hybridized carbons (Fsp3) is 0.333. The molecule has 2 atom stereocenters. The number of benzene rings is 1. The highest BCUT2D eigenvalue weighted by atomic mass is 32.2. The number of amides is 1. The van der Waals surface area contributed by atoms with E-state index in [-0.39, 0.29) is 23.4 Å². The summed E-state index contributed by atoms with van der Waals surface area (Å²) in [6.07, 6.45) is 1.67. The Morgan fingerprint density at radius 3 is 2.82 bits per heavy atom. The van der Waals surface area contributed by atoms with Crippen LogP contribution in [0.1, 0.15) is 6.42 Å². The maximum Gasteiger partial charge on any atom is 0.247 e. The molecule has 2 aromatic rings. The molecule has 1 amide bonds. The molecule has 3 N–H and O–H groups in total. The first-order valence-corrected chi connectivity index (χ1v) is 9.31. The van der Waals surface area contributed by atoms with Crippen LogP contribution >= 0.6 is 11.9 Å². The summed E-state index contributed by atoms with van der Waals surface area (Å²) in [6.45, 7) is 0.330. The lowest BCUT2D eigenvalue weighted by molar-refractivity contribution is -0.117. The van der Waals surface area contributed by atoms with Crippen molar-refractivity contribution >= 4 is 29.2 Å². The third-order valence-corrected chi connectivity index (χ3v) is 5.03. The maximum absolute atomic E-state index is 14.2. The van der Waals surface area contributed by atoms with E-state index in [0.717, 1.165) is 18.0 Å². The van der Waals surface area contributed by atoms with E-state index in [2.05, 4.69) is 10.3 Å². The number of aromatic nitrogens is 1. The van der Waals surface area contributed by atoms with Crippen LogP contribution < -0.4 is 20.1 Å².